The van der Waals surface area contributed by atoms with Crippen LogP contribution in [0, 0.1) is 0 Å². The largest absolute Gasteiger partial charge is 0.478 e. The predicted octanol–water partition coefficient (Wildman–Crippen LogP) is 5.99. The Morgan fingerprint density at radius 2 is 1.60 bits per heavy atom. The average molecular weight is 352 g/mol. The average Bonchev–Trinajstić information content (AvgIpc) is 2.44. The minimum Gasteiger partial charge on any atom is -0.478 e. The van der Waals surface area contributed by atoms with E-state index in [4.69, 9.17) is 5.11 Å². The number of allylic oxidation sites excluding steroid dienone is 5. The Hall–Kier alpha value is -2.30. The van der Waals surface area contributed by atoms with Gasteiger partial charge in [0, 0.05) is 6.08 Å². The molecule has 5 heteroatoms. The van der Waals surface area contributed by atoms with Gasteiger partial charge in [0.05, 0.1) is 5.56 Å². The number of carboxylic acids is 1. The Kier molecular flexibility index (Phi) is 6.41. The number of halogens is 3. The standard InChI is InChI=1S/C20H23F3O2/c1-13(9-18(24)25)7-6-8-14(2)15-10-16(19(3,4)5)12-17(11-15)20(21,22)23/h6-12H,1-5H3,(H,24,25)/b7-6+,13-9+,14-8+. The quantitative estimate of drug-likeness (QED) is 0.533. The van der Waals surface area contributed by atoms with E-state index in [9.17, 15) is 18.0 Å². The molecule has 0 saturated heterocycles. The Balaban J connectivity index is 3.29. The van der Waals surface area contributed by atoms with Gasteiger partial charge in [-0.1, -0.05) is 45.1 Å². The van der Waals surface area contributed by atoms with E-state index in [0.29, 0.717) is 22.3 Å². The molecule has 0 fully saturated rings. The molecule has 0 atom stereocenters. The molecule has 1 aromatic rings. The van der Waals surface area contributed by atoms with Gasteiger partial charge in [0.1, 0.15) is 0 Å². The van der Waals surface area contributed by atoms with Crippen molar-refractivity contribution < 1.29 is 23.1 Å². The van der Waals surface area contributed by atoms with Crippen LogP contribution in [0.2, 0.25) is 0 Å². The van der Waals surface area contributed by atoms with Gasteiger partial charge in [0.25, 0.3) is 0 Å². The molecule has 0 aromatic heterocycles. The van der Waals surface area contributed by atoms with Crippen molar-refractivity contribution in [1.82, 2.24) is 0 Å². The summed E-state index contributed by atoms with van der Waals surface area (Å²) in [7, 11) is 0. The second kappa shape index (κ2) is 7.72. The Bertz CT molecular complexity index is 698. The molecule has 1 aromatic carbocycles. The van der Waals surface area contributed by atoms with Crippen LogP contribution >= 0.6 is 0 Å². The first-order valence-electron chi connectivity index (χ1n) is 7.80. The number of aliphatic carboxylic acids is 1. The first-order chi connectivity index (χ1) is 11.3. The topological polar surface area (TPSA) is 37.3 Å². The highest BCUT2D eigenvalue weighted by molar-refractivity contribution is 5.81. The van der Waals surface area contributed by atoms with Gasteiger partial charge in [0.15, 0.2) is 0 Å². The number of benzene rings is 1. The SMILES string of the molecule is CC(/C=C/C=C(\C)c1cc(C(C)(C)C)cc(C(F)(F)F)c1)=C\C(=O)O. The summed E-state index contributed by atoms with van der Waals surface area (Å²) in [6.45, 7) is 8.96. The van der Waals surface area contributed by atoms with E-state index in [2.05, 4.69) is 0 Å². The van der Waals surface area contributed by atoms with E-state index in [1.54, 1.807) is 38.1 Å². The van der Waals surface area contributed by atoms with E-state index in [-0.39, 0.29) is 0 Å². The number of carbonyl (C=O) groups is 1. The van der Waals surface area contributed by atoms with Crippen molar-refractivity contribution in [3.8, 4) is 0 Å². The number of hydrogen-bond donors (Lipinski definition) is 1. The first kappa shape index (κ1) is 20.7. The van der Waals surface area contributed by atoms with E-state index in [0.717, 1.165) is 12.1 Å². The predicted molar refractivity (Wildman–Crippen MR) is 94.3 cm³/mol. The van der Waals surface area contributed by atoms with Crippen LogP contribution in [0.4, 0.5) is 13.2 Å². The number of hydrogen-bond acceptors (Lipinski definition) is 1. The number of rotatable bonds is 4. The van der Waals surface area contributed by atoms with Crippen molar-refractivity contribution in [3.05, 3.63) is 64.8 Å². The van der Waals surface area contributed by atoms with Gasteiger partial charge in [-0.05, 0) is 53.7 Å². The molecular weight excluding hydrogens is 329 g/mol. The molecule has 0 aliphatic heterocycles. The van der Waals surface area contributed by atoms with E-state index < -0.39 is 23.1 Å². The third-order valence-electron chi connectivity index (χ3n) is 3.64. The maximum atomic E-state index is 13.2. The van der Waals surface area contributed by atoms with Crippen molar-refractivity contribution in [3.63, 3.8) is 0 Å². The van der Waals surface area contributed by atoms with Crippen molar-refractivity contribution in [2.24, 2.45) is 0 Å². The van der Waals surface area contributed by atoms with Gasteiger partial charge >= 0.3 is 12.1 Å². The fraction of sp³-hybridized carbons (Fsp3) is 0.350. The molecule has 0 aliphatic carbocycles. The number of alkyl halides is 3. The van der Waals surface area contributed by atoms with Gasteiger partial charge in [-0.15, -0.1) is 0 Å². The molecule has 136 valence electrons. The zero-order chi connectivity index (χ0) is 19.4. The summed E-state index contributed by atoms with van der Waals surface area (Å²) >= 11 is 0. The monoisotopic (exact) mass is 352 g/mol. The van der Waals surface area contributed by atoms with E-state index in [1.807, 2.05) is 20.8 Å². The van der Waals surface area contributed by atoms with Crippen LogP contribution in [-0.4, -0.2) is 11.1 Å². The maximum Gasteiger partial charge on any atom is 0.416 e. The molecule has 0 heterocycles. The highest BCUT2D eigenvalue weighted by Gasteiger charge is 2.32. The summed E-state index contributed by atoms with van der Waals surface area (Å²) in [5, 5.41) is 8.65. The molecule has 0 amide bonds. The highest BCUT2D eigenvalue weighted by atomic mass is 19.4. The van der Waals surface area contributed by atoms with Crippen molar-refractivity contribution in [2.45, 2.75) is 46.2 Å². The molecule has 25 heavy (non-hydrogen) atoms. The van der Waals surface area contributed by atoms with Crippen LogP contribution in [0.3, 0.4) is 0 Å². The van der Waals surface area contributed by atoms with Crippen LogP contribution in [0.25, 0.3) is 5.57 Å². The van der Waals surface area contributed by atoms with Crippen LogP contribution in [-0.2, 0) is 16.4 Å². The van der Waals surface area contributed by atoms with E-state index in [1.165, 1.54) is 6.07 Å². The van der Waals surface area contributed by atoms with Crippen molar-refractivity contribution >= 4 is 11.5 Å². The molecule has 0 aliphatic rings. The summed E-state index contributed by atoms with van der Waals surface area (Å²) in [4.78, 5) is 10.6. The fourth-order valence-electron chi connectivity index (χ4n) is 2.14. The lowest BCUT2D eigenvalue weighted by Crippen LogP contribution is -2.14. The summed E-state index contributed by atoms with van der Waals surface area (Å²) < 4.78 is 39.5. The summed E-state index contributed by atoms with van der Waals surface area (Å²) in [6.07, 6.45) is 1.53. The molecule has 1 rings (SSSR count). The maximum absolute atomic E-state index is 13.2. The fourth-order valence-corrected chi connectivity index (χ4v) is 2.14. The normalized spacial score (nSPS) is 14.2. The molecule has 2 nitrogen and oxygen atoms in total. The lowest BCUT2D eigenvalue weighted by Gasteiger charge is -2.22. The minimum absolute atomic E-state index is 0.410. The lowest BCUT2D eigenvalue weighted by atomic mass is 9.84. The lowest BCUT2D eigenvalue weighted by molar-refractivity contribution is -0.137. The third kappa shape index (κ3) is 6.61. The summed E-state index contributed by atoms with van der Waals surface area (Å²) in [6, 6.07) is 4.08. The third-order valence-corrected chi connectivity index (χ3v) is 3.64. The molecule has 0 radical (unpaired) electrons. The molecule has 0 unspecified atom stereocenters. The summed E-state index contributed by atoms with van der Waals surface area (Å²) in [5.41, 5.74) is 1.22. The van der Waals surface area contributed by atoms with Crippen LogP contribution in [0.1, 0.15) is 51.3 Å². The van der Waals surface area contributed by atoms with Crippen molar-refractivity contribution in [1.29, 1.82) is 0 Å². The van der Waals surface area contributed by atoms with Gasteiger partial charge in [-0.25, -0.2) is 4.79 Å². The minimum atomic E-state index is -4.41. The Morgan fingerprint density at radius 3 is 2.08 bits per heavy atom. The zero-order valence-electron chi connectivity index (χ0n) is 15.0. The molecule has 1 N–H and O–H groups in total. The van der Waals surface area contributed by atoms with Crippen LogP contribution in [0.15, 0.2) is 48.1 Å². The van der Waals surface area contributed by atoms with Crippen molar-refractivity contribution in [2.75, 3.05) is 0 Å². The Morgan fingerprint density at radius 1 is 1.04 bits per heavy atom. The molecule has 0 bridgehead atoms. The van der Waals surface area contributed by atoms with Gasteiger partial charge in [-0.3, -0.25) is 0 Å². The van der Waals surface area contributed by atoms with E-state index >= 15 is 0 Å². The number of carboxylic acid groups (broad SMARTS) is 1. The summed E-state index contributed by atoms with van der Waals surface area (Å²) in [5.74, 6) is -1.05. The zero-order valence-corrected chi connectivity index (χ0v) is 15.0. The van der Waals surface area contributed by atoms with Gasteiger partial charge < -0.3 is 5.11 Å². The second-order valence-electron chi connectivity index (χ2n) is 6.98. The molecule has 0 saturated carbocycles. The van der Waals surface area contributed by atoms with Gasteiger partial charge in [-0.2, -0.15) is 13.2 Å². The smallest absolute Gasteiger partial charge is 0.416 e. The molecular formula is C20H23F3O2. The molecule has 0 spiro atoms. The second-order valence-corrected chi connectivity index (χ2v) is 6.98. The van der Waals surface area contributed by atoms with Gasteiger partial charge in [0.2, 0.25) is 0 Å². The van der Waals surface area contributed by atoms with Crippen LogP contribution in [0.5, 0.6) is 0 Å². The Labute approximate surface area is 146 Å². The van der Waals surface area contributed by atoms with Crippen LogP contribution < -0.4 is 0 Å². The first-order valence-corrected chi connectivity index (χ1v) is 7.80. The highest BCUT2D eigenvalue weighted by Crippen LogP contribution is 2.35.